The fraction of sp³-hybridized carbons (Fsp3) is 0.364. The van der Waals surface area contributed by atoms with E-state index in [1.807, 2.05) is 19.1 Å². The van der Waals surface area contributed by atoms with E-state index in [2.05, 4.69) is 36.2 Å². The van der Waals surface area contributed by atoms with Crippen LogP contribution in [0.2, 0.25) is 0 Å². The molecule has 1 saturated heterocycles. The zero-order valence-corrected chi connectivity index (χ0v) is 16.7. The number of para-hydroxylation sites is 1. The average molecular weight is 383 g/mol. The lowest BCUT2D eigenvalue weighted by atomic mass is 9.90. The molecule has 0 saturated carbocycles. The van der Waals surface area contributed by atoms with Crippen LogP contribution in [0.25, 0.3) is 10.9 Å². The number of benzene rings is 2. The Morgan fingerprint density at radius 2 is 1.67 bits per heavy atom. The summed E-state index contributed by atoms with van der Waals surface area (Å²) >= 11 is 0. The van der Waals surface area contributed by atoms with Crippen LogP contribution >= 0.6 is 0 Å². The van der Waals surface area contributed by atoms with Crippen molar-refractivity contribution in [1.82, 2.24) is 9.29 Å². The number of nitrogens with zero attached hydrogens (tertiary/aromatic N) is 1. The van der Waals surface area contributed by atoms with Crippen LogP contribution in [0, 0.1) is 19.8 Å². The van der Waals surface area contributed by atoms with Crippen LogP contribution in [0.4, 0.5) is 0 Å². The molecule has 0 radical (unpaired) electrons. The van der Waals surface area contributed by atoms with E-state index >= 15 is 0 Å². The fourth-order valence-corrected chi connectivity index (χ4v) is 5.92. The zero-order chi connectivity index (χ0) is 19.0. The third-order valence-electron chi connectivity index (χ3n) is 5.80. The maximum Gasteiger partial charge on any atom is 0.243 e. The molecule has 5 heteroatoms. The van der Waals surface area contributed by atoms with E-state index in [4.69, 9.17) is 0 Å². The predicted molar refractivity (Wildman–Crippen MR) is 109 cm³/mol. The molecule has 2 heterocycles. The van der Waals surface area contributed by atoms with Gasteiger partial charge in [0.2, 0.25) is 10.0 Å². The molecule has 1 fully saturated rings. The van der Waals surface area contributed by atoms with Gasteiger partial charge in [-0.3, -0.25) is 0 Å². The lowest BCUT2D eigenvalue weighted by molar-refractivity contribution is 0.273. The number of hydrogen-bond acceptors (Lipinski definition) is 2. The number of rotatable bonds is 4. The summed E-state index contributed by atoms with van der Waals surface area (Å²) in [6, 6.07) is 15.7. The normalized spacial score (nSPS) is 16.8. The second kappa shape index (κ2) is 7.13. The van der Waals surface area contributed by atoms with E-state index in [9.17, 15) is 8.42 Å². The Balaban J connectivity index is 1.48. The molecule has 1 aliphatic rings. The highest BCUT2D eigenvalue weighted by molar-refractivity contribution is 7.89. The van der Waals surface area contributed by atoms with Crippen LogP contribution < -0.4 is 0 Å². The minimum Gasteiger partial charge on any atom is -0.358 e. The van der Waals surface area contributed by atoms with Gasteiger partial charge in [0.25, 0.3) is 0 Å². The van der Waals surface area contributed by atoms with Gasteiger partial charge in [0.05, 0.1) is 4.90 Å². The van der Waals surface area contributed by atoms with E-state index in [1.54, 1.807) is 16.4 Å². The zero-order valence-electron chi connectivity index (χ0n) is 15.9. The summed E-state index contributed by atoms with van der Waals surface area (Å²) in [5.74, 6) is 0.520. The highest BCUT2D eigenvalue weighted by Gasteiger charge is 2.30. The van der Waals surface area contributed by atoms with Crippen LogP contribution in [-0.2, 0) is 16.4 Å². The summed E-state index contributed by atoms with van der Waals surface area (Å²) in [5, 5.41) is 1.30. The molecule has 0 amide bonds. The quantitative estimate of drug-likeness (QED) is 0.726. The molecule has 1 aliphatic heterocycles. The summed E-state index contributed by atoms with van der Waals surface area (Å²) in [4.78, 5) is 3.91. The first kappa shape index (κ1) is 18.3. The van der Waals surface area contributed by atoms with Crippen LogP contribution in [0.15, 0.2) is 53.4 Å². The van der Waals surface area contributed by atoms with E-state index in [-0.39, 0.29) is 0 Å². The van der Waals surface area contributed by atoms with Gasteiger partial charge in [0.15, 0.2) is 0 Å². The second-order valence-corrected chi connectivity index (χ2v) is 9.50. The minimum absolute atomic E-state index is 0.441. The molecule has 2 aromatic carbocycles. The van der Waals surface area contributed by atoms with Crippen molar-refractivity contribution in [3.63, 3.8) is 0 Å². The molecule has 27 heavy (non-hydrogen) atoms. The van der Waals surface area contributed by atoms with E-state index in [0.29, 0.717) is 23.9 Å². The van der Waals surface area contributed by atoms with Crippen LogP contribution in [0.1, 0.15) is 29.7 Å². The summed E-state index contributed by atoms with van der Waals surface area (Å²) < 4.78 is 27.6. The molecule has 1 aromatic heterocycles. The maximum absolute atomic E-state index is 13.0. The Bertz CT molecular complexity index is 1060. The molecule has 3 aromatic rings. The Kier molecular flexibility index (Phi) is 4.82. The number of sulfonamides is 1. The maximum atomic E-state index is 13.0. The van der Waals surface area contributed by atoms with Gasteiger partial charge < -0.3 is 4.98 Å². The Labute approximate surface area is 161 Å². The van der Waals surface area contributed by atoms with Gasteiger partial charge in [-0.25, -0.2) is 8.42 Å². The first-order valence-corrected chi connectivity index (χ1v) is 11.0. The number of hydrogen-bond donors (Lipinski definition) is 1. The minimum atomic E-state index is -3.39. The van der Waals surface area contributed by atoms with Gasteiger partial charge in [-0.2, -0.15) is 4.31 Å². The Hall–Kier alpha value is -2.11. The van der Waals surface area contributed by atoms with Gasteiger partial charge in [0.1, 0.15) is 0 Å². The summed E-state index contributed by atoms with van der Waals surface area (Å²) in [6.07, 6.45) is 2.82. The molecule has 0 bridgehead atoms. The summed E-state index contributed by atoms with van der Waals surface area (Å²) in [6.45, 7) is 5.19. The lowest BCUT2D eigenvalue weighted by Gasteiger charge is -2.31. The topological polar surface area (TPSA) is 53.2 Å². The van der Waals surface area contributed by atoms with E-state index in [1.165, 1.54) is 22.2 Å². The van der Waals surface area contributed by atoms with Crippen molar-refractivity contribution >= 4 is 20.9 Å². The van der Waals surface area contributed by atoms with Crippen molar-refractivity contribution < 1.29 is 8.42 Å². The van der Waals surface area contributed by atoms with Gasteiger partial charge in [-0.15, -0.1) is 0 Å². The number of piperidine rings is 1. The standard InChI is InChI=1S/C22H26N2O2S/c1-16-7-3-6-10-22(16)27(25,26)24-13-11-18(12-14-24)15-20-17(2)23-21-9-5-4-8-19(20)21/h3-10,18,23H,11-15H2,1-2H3. The largest absolute Gasteiger partial charge is 0.358 e. The molecular formula is C22H26N2O2S. The molecule has 0 spiro atoms. The summed E-state index contributed by atoms with van der Waals surface area (Å²) in [7, 11) is -3.39. The van der Waals surface area contributed by atoms with E-state index < -0.39 is 10.0 Å². The van der Waals surface area contributed by atoms with Gasteiger partial charge in [-0.1, -0.05) is 36.4 Å². The number of aryl methyl sites for hydroxylation is 2. The number of fused-ring (bicyclic) bond motifs is 1. The molecule has 4 rings (SSSR count). The Morgan fingerprint density at radius 1 is 1.00 bits per heavy atom. The van der Waals surface area contributed by atoms with Gasteiger partial charge in [0, 0.05) is 29.7 Å². The molecular weight excluding hydrogens is 356 g/mol. The third kappa shape index (κ3) is 3.42. The summed E-state index contributed by atoms with van der Waals surface area (Å²) in [5.41, 5.74) is 4.61. The first-order valence-electron chi connectivity index (χ1n) is 9.59. The molecule has 4 nitrogen and oxygen atoms in total. The van der Waals surface area contributed by atoms with E-state index in [0.717, 1.165) is 24.8 Å². The highest BCUT2D eigenvalue weighted by atomic mass is 32.2. The van der Waals surface area contributed by atoms with Crippen LogP contribution in [0.3, 0.4) is 0 Å². The third-order valence-corrected chi connectivity index (χ3v) is 7.86. The number of aromatic amines is 1. The Morgan fingerprint density at radius 3 is 2.41 bits per heavy atom. The smallest absolute Gasteiger partial charge is 0.243 e. The van der Waals surface area contributed by atoms with Crippen molar-refractivity contribution in [3.05, 3.63) is 65.4 Å². The van der Waals surface area contributed by atoms with Crippen molar-refractivity contribution in [2.45, 2.75) is 38.0 Å². The predicted octanol–water partition coefficient (Wildman–Crippen LogP) is 4.43. The molecule has 1 N–H and O–H groups in total. The van der Waals surface area contributed by atoms with Gasteiger partial charge in [-0.05, 0) is 62.3 Å². The number of H-pyrrole nitrogens is 1. The second-order valence-electron chi connectivity index (χ2n) is 7.59. The van der Waals surface area contributed by atoms with Crippen molar-refractivity contribution in [3.8, 4) is 0 Å². The molecule has 0 unspecified atom stereocenters. The van der Waals surface area contributed by atoms with Crippen molar-refractivity contribution in [1.29, 1.82) is 0 Å². The first-order chi connectivity index (χ1) is 13.0. The SMILES string of the molecule is Cc1ccccc1S(=O)(=O)N1CCC(Cc2c(C)[nH]c3ccccc23)CC1. The molecule has 0 atom stereocenters. The average Bonchev–Trinajstić information content (AvgIpc) is 2.98. The number of nitrogens with one attached hydrogen (secondary N) is 1. The van der Waals surface area contributed by atoms with Crippen LogP contribution in [-0.4, -0.2) is 30.8 Å². The number of aromatic nitrogens is 1. The van der Waals surface area contributed by atoms with Crippen molar-refractivity contribution in [2.24, 2.45) is 5.92 Å². The molecule has 0 aliphatic carbocycles. The molecule has 142 valence electrons. The highest BCUT2D eigenvalue weighted by Crippen LogP contribution is 2.30. The van der Waals surface area contributed by atoms with Crippen molar-refractivity contribution in [2.75, 3.05) is 13.1 Å². The van der Waals surface area contributed by atoms with Crippen LogP contribution in [0.5, 0.6) is 0 Å². The fourth-order valence-electron chi connectivity index (χ4n) is 4.23. The lowest BCUT2D eigenvalue weighted by Crippen LogP contribution is -2.39. The van der Waals surface area contributed by atoms with Gasteiger partial charge >= 0.3 is 0 Å². The monoisotopic (exact) mass is 382 g/mol.